The van der Waals surface area contributed by atoms with Gasteiger partial charge in [0.2, 0.25) is 0 Å². The van der Waals surface area contributed by atoms with Crippen LogP contribution in [0.5, 0.6) is 0 Å². The fourth-order valence-corrected chi connectivity index (χ4v) is 3.97. The van der Waals surface area contributed by atoms with Crippen molar-refractivity contribution in [2.75, 3.05) is 40.8 Å². The number of guanidine groups is 1. The monoisotopic (exact) mass is 563 g/mol. The first-order valence-corrected chi connectivity index (χ1v) is 11.5. The number of halogens is 1. The Bertz CT molecular complexity index is 888. The van der Waals surface area contributed by atoms with E-state index in [4.69, 9.17) is 0 Å². The van der Waals surface area contributed by atoms with Crippen molar-refractivity contribution in [3.63, 3.8) is 0 Å². The van der Waals surface area contributed by atoms with Gasteiger partial charge >= 0.3 is 0 Å². The van der Waals surface area contributed by atoms with E-state index in [-0.39, 0.29) is 29.9 Å². The summed E-state index contributed by atoms with van der Waals surface area (Å²) in [5.41, 5.74) is 4.54. The van der Waals surface area contributed by atoms with Crippen molar-refractivity contribution >= 4 is 35.8 Å². The van der Waals surface area contributed by atoms with Crippen molar-refractivity contribution in [1.29, 1.82) is 0 Å². The molecule has 1 amide bonds. The van der Waals surface area contributed by atoms with E-state index in [0.717, 1.165) is 37.7 Å². The third-order valence-electron chi connectivity index (χ3n) is 6.08. The van der Waals surface area contributed by atoms with Gasteiger partial charge in [0.15, 0.2) is 5.96 Å². The van der Waals surface area contributed by atoms with Gasteiger partial charge in [-0.05, 0) is 62.0 Å². The first-order chi connectivity index (χ1) is 15.4. The molecule has 0 radical (unpaired) electrons. The van der Waals surface area contributed by atoms with Crippen LogP contribution in [0.2, 0.25) is 0 Å². The molecule has 0 bridgehead atoms. The molecule has 0 saturated carbocycles. The number of aryl methyl sites for hydroxylation is 1. The van der Waals surface area contributed by atoms with Gasteiger partial charge in [0.05, 0.1) is 0 Å². The van der Waals surface area contributed by atoms with Crippen LogP contribution in [0.15, 0.2) is 53.5 Å². The molecule has 1 aliphatic heterocycles. The van der Waals surface area contributed by atoms with Gasteiger partial charge in [-0.15, -0.1) is 24.0 Å². The number of likely N-dealkylation sites (tertiary alicyclic amines) is 1. The topological polar surface area (TPSA) is 60.0 Å². The van der Waals surface area contributed by atoms with Gasteiger partial charge in [-0.25, -0.2) is 0 Å². The number of aliphatic imine (C=N–C) groups is 1. The molecule has 180 valence electrons. The highest BCUT2D eigenvalue weighted by Crippen LogP contribution is 2.18. The van der Waals surface area contributed by atoms with Gasteiger partial charge in [-0.1, -0.05) is 42.0 Å². The maximum atomic E-state index is 12.0. The molecule has 7 heteroatoms. The number of rotatable bonds is 7. The summed E-state index contributed by atoms with van der Waals surface area (Å²) >= 11 is 0. The smallest absolute Gasteiger partial charge is 0.253 e. The largest absolute Gasteiger partial charge is 0.356 e. The second-order valence-electron chi connectivity index (χ2n) is 8.91. The zero-order valence-electron chi connectivity index (χ0n) is 20.3. The van der Waals surface area contributed by atoms with E-state index >= 15 is 0 Å². The number of carbonyl (C=O) groups is 1. The lowest BCUT2D eigenvalue weighted by molar-refractivity contribution is 0.0827. The number of amides is 1. The van der Waals surface area contributed by atoms with E-state index < -0.39 is 0 Å². The zero-order valence-corrected chi connectivity index (χ0v) is 22.6. The van der Waals surface area contributed by atoms with Crippen LogP contribution in [0.4, 0.5) is 0 Å². The van der Waals surface area contributed by atoms with Crippen LogP contribution in [-0.4, -0.2) is 62.4 Å². The SMILES string of the molecule is CN=C(NCc1ccc(C(=O)N(C)C)cc1)NCC1CCN(Cc2ccc(C)cc2)CC1.I. The lowest BCUT2D eigenvalue weighted by Crippen LogP contribution is -2.42. The first kappa shape index (κ1) is 27.1. The molecule has 0 aliphatic carbocycles. The fraction of sp³-hybridized carbons (Fsp3) is 0.462. The summed E-state index contributed by atoms with van der Waals surface area (Å²) in [5, 5.41) is 6.86. The summed E-state index contributed by atoms with van der Waals surface area (Å²) in [6.45, 7) is 7.08. The number of carbonyl (C=O) groups excluding carboxylic acids is 1. The molecule has 2 N–H and O–H groups in total. The predicted octanol–water partition coefficient (Wildman–Crippen LogP) is 3.89. The number of piperidine rings is 1. The minimum absolute atomic E-state index is 0. The third kappa shape index (κ3) is 8.62. The normalized spacial score (nSPS) is 15.0. The van der Waals surface area contributed by atoms with E-state index in [9.17, 15) is 4.79 Å². The molecule has 2 aromatic rings. The summed E-state index contributed by atoms with van der Waals surface area (Å²) in [5.74, 6) is 1.51. The third-order valence-corrected chi connectivity index (χ3v) is 6.08. The minimum Gasteiger partial charge on any atom is -0.356 e. The van der Waals surface area contributed by atoms with Crippen LogP contribution in [0.3, 0.4) is 0 Å². The molecule has 0 atom stereocenters. The van der Waals surface area contributed by atoms with Crippen LogP contribution >= 0.6 is 24.0 Å². The van der Waals surface area contributed by atoms with E-state index in [1.807, 2.05) is 24.3 Å². The maximum absolute atomic E-state index is 12.0. The van der Waals surface area contributed by atoms with Crippen LogP contribution in [0.1, 0.15) is 39.9 Å². The van der Waals surface area contributed by atoms with Crippen LogP contribution in [0, 0.1) is 12.8 Å². The zero-order chi connectivity index (χ0) is 22.9. The summed E-state index contributed by atoms with van der Waals surface area (Å²) < 4.78 is 0. The number of benzene rings is 2. The standard InChI is InChI=1S/C26H37N5O.HI/c1-20-5-7-23(8-6-20)19-31-15-13-22(14-16-31)18-29-26(27-2)28-17-21-9-11-24(12-10-21)25(32)30(3)4;/h5-12,22H,13-19H2,1-4H3,(H2,27,28,29);1H. The Labute approximate surface area is 215 Å². The van der Waals surface area contributed by atoms with Crippen molar-refractivity contribution in [3.8, 4) is 0 Å². The second kappa shape index (κ2) is 13.5. The van der Waals surface area contributed by atoms with Crippen molar-refractivity contribution in [3.05, 3.63) is 70.8 Å². The Morgan fingerprint density at radius 2 is 1.61 bits per heavy atom. The van der Waals surface area contributed by atoms with Gasteiger partial charge in [0.1, 0.15) is 0 Å². The maximum Gasteiger partial charge on any atom is 0.253 e. The van der Waals surface area contributed by atoms with Crippen LogP contribution < -0.4 is 10.6 Å². The minimum atomic E-state index is 0. The lowest BCUT2D eigenvalue weighted by atomic mass is 9.96. The molecule has 3 rings (SSSR count). The van der Waals surface area contributed by atoms with E-state index in [1.54, 1.807) is 26.0 Å². The molecule has 0 unspecified atom stereocenters. The van der Waals surface area contributed by atoms with Gasteiger partial charge in [0.25, 0.3) is 5.91 Å². The molecule has 0 spiro atoms. The van der Waals surface area contributed by atoms with Gasteiger partial charge in [-0.3, -0.25) is 14.7 Å². The molecule has 33 heavy (non-hydrogen) atoms. The van der Waals surface area contributed by atoms with Crippen LogP contribution in [-0.2, 0) is 13.1 Å². The molecule has 2 aromatic carbocycles. The predicted molar refractivity (Wildman–Crippen MR) is 147 cm³/mol. The second-order valence-corrected chi connectivity index (χ2v) is 8.91. The van der Waals surface area contributed by atoms with Crippen LogP contribution in [0.25, 0.3) is 0 Å². The highest BCUT2D eigenvalue weighted by molar-refractivity contribution is 14.0. The Hall–Kier alpha value is -2.13. The van der Waals surface area contributed by atoms with Crippen molar-refractivity contribution in [2.24, 2.45) is 10.9 Å². The number of nitrogens with zero attached hydrogens (tertiary/aromatic N) is 3. The quantitative estimate of drug-likeness (QED) is 0.305. The number of nitrogens with one attached hydrogen (secondary N) is 2. The summed E-state index contributed by atoms with van der Waals surface area (Å²) in [7, 11) is 5.33. The molecule has 0 aromatic heterocycles. The summed E-state index contributed by atoms with van der Waals surface area (Å²) in [6, 6.07) is 16.6. The number of hydrogen-bond acceptors (Lipinski definition) is 3. The fourth-order valence-electron chi connectivity index (χ4n) is 3.97. The number of hydrogen-bond donors (Lipinski definition) is 2. The molecule has 1 aliphatic rings. The van der Waals surface area contributed by atoms with Gasteiger partial charge < -0.3 is 15.5 Å². The van der Waals surface area contributed by atoms with Crippen molar-refractivity contribution in [2.45, 2.75) is 32.9 Å². The molecule has 1 saturated heterocycles. The van der Waals surface area contributed by atoms with Crippen molar-refractivity contribution < 1.29 is 4.79 Å². The Kier molecular flexibility index (Phi) is 11.1. The van der Waals surface area contributed by atoms with Crippen molar-refractivity contribution in [1.82, 2.24) is 20.4 Å². The highest BCUT2D eigenvalue weighted by atomic mass is 127. The molecule has 1 fully saturated rings. The van der Waals surface area contributed by atoms with E-state index in [0.29, 0.717) is 18.0 Å². The molecule has 6 nitrogen and oxygen atoms in total. The summed E-state index contributed by atoms with van der Waals surface area (Å²) in [6.07, 6.45) is 2.41. The molecule has 1 heterocycles. The lowest BCUT2D eigenvalue weighted by Gasteiger charge is -2.32. The summed E-state index contributed by atoms with van der Waals surface area (Å²) in [4.78, 5) is 20.5. The van der Waals surface area contributed by atoms with Gasteiger partial charge in [0, 0.05) is 46.3 Å². The first-order valence-electron chi connectivity index (χ1n) is 11.5. The average molecular weight is 564 g/mol. The molecular weight excluding hydrogens is 525 g/mol. The Morgan fingerprint density at radius 3 is 2.18 bits per heavy atom. The van der Waals surface area contributed by atoms with E-state index in [1.165, 1.54) is 24.0 Å². The highest BCUT2D eigenvalue weighted by Gasteiger charge is 2.19. The Balaban J connectivity index is 0.00000385. The molecular formula is C26H38IN5O. The average Bonchev–Trinajstić information content (AvgIpc) is 2.81. The van der Waals surface area contributed by atoms with Gasteiger partial charge in [-0.2, -0.15) is 0 Å². The Morgan fingerprint density at radius 1 is 1.00 bits per heavy atom. The van der Waals surface area contributed by atoms with E-state index in [2.05, 4.69) is 51.7 Å².